The van der Waals surface area contributed by atoms with Gasteiger partial charge in [0, 0.05) is 12.1 Å². The van der Waals surface area contributed by atoms with Crippen LogP contribution in [0.15, 0.2) is 18.2 Å². The zero-order chi connectivity index (χ0) is 18.4. The maximum atomic E-state index is 12.3. The predicted octanol–water partition coefficient (Wildman–Crippen LogP) is 1.82. The smallest absolute Gasteiger partial charge is 0.328 e. The molecule has 0 heterocycles. The Hall–Kier alpha value is -3.04. The number of carbonyl (C=O) groups excluding carboxylic acids is 2. The van der Waals surface area contributed by atoms with E-state index in [0.29, 0.717) is 6.42 Å². The van der Waals surface area contributed by atoms with E-state index in [9.17, 15) is 29.8 Å². The summed E-state index contributed by atoms with van der Waals surface area (Å²) in [5.41, 5.74) is -1.46. The van der Waals surface area contributed by atoms with Crippen LogP contribution in [0.3, 0.4) is 0 Å². The molecule has 0 bridgehead atoms. The Morgan fingerprint density at radius 1 is 1.17 bits per heavy atom. The Balaban J connectivity index is 3.19. The van der Waals surface area contributed by atoms with Gasteiger partial charge in [0.25, 0.3) is 17.3 Å². The van der Waals surface area contributed by atoms with Gasteiger partial charge in [-0.15, -0.1) is 0 Å². The highest BCUT2D eigenvalue weighted by Gasteiger charge is 2.28. The minimum Gasteiger partial charge on any atom is -0.467 e. The molecule has 0 spiro atoms. The van der Waals surface area contributed by atoms with Gasteiger partial charge in [-0.2, -0.15) is 0 Å². The van der Waals surface area contributed by atoms with Gasteiger partial charge >= 0.3 is 5.97 Å². The summed E-state index contributed by atoms with van der Waals surface area (Å²) in [6.45, 7) is 3.53. The van der Waals surface area contributed by atoms with Gasteiger partial charge in [0.05, 0.1) is 28.6 Å². The van der Waals surface area contributed by atoms with Gasteiger partial charge < -0.3 is 10.1 Å². The largest absolute Gasteiger partial charge is 0.467 e. The van der Waals surface area contributed by atoms with Gasteiger partial charge in [-0.3, -0.25) is 25.0 Å². The van der Waals surface area contributed by atoms with Crippen LogP contribution < -0.4 is 5.32 Å². The van der Waals surface area contributed by atoms with Crippen molar-refractivity contribution in [3.05, 3.63) is 44.0 Å². The number of rotatable bonds is 7. The number of non-ortho nitro benzene ring substituents is 2. The SMILES string of the molecule is CCC(C)[C@H](NC(=O)c1cc([N+](=O)[O-])cc([N+](=O)[O-])c1)C(=O)OC. The summed E-state index contributed by atoms with van der Waals surface area (Å²) in [5.74, 6) is -1.76. The maximum Gasteiger partial charge on any atom is 0.328 e. The predicted molar refractivity (Wildman–Crippen MR) is 82.5 cm³/mol. The molecule has 0 saturated heterocycles. The van der Waals surface area contributed by atoms with Crippen molar-refractivity contribution in [2.75, 3.05) is 7.11 Å². The van der Waals surface area contributed by atoms with Crippen LogP contribution >= 0.6 is 0 Å². The average Bonchev–Trinajstić information content (AvgIpc) is 2.57. The number of hydrogen-bond donors (Lipinski definition) is 1. The number of methoxy groups -OCH3 is 1. The molecule has 0 aliphatic rings. The average molecular weight is 339 g/mol. The Labute approximate surface area is 137 Å². The summed E-state index contributed by atoms with van der Waals surface area (Å²) in [6.07, 6.45) is 0.565. The third kappa shape index (κ3) is 4.48. The standard InChI is InChI=1S/C14H17N3O7/c1-4-8(2)12(14(19)24-3)15-13(18)9-5-10(16(20)21)7-11(6-9)17(22)23/h5-8,12H,4H2,1-3H3,(H,15,18)/t8?,12-/m0/s1. The second-order valence-electron chi connectivity index (χ2n) is 5.11. The number of nitro benzene ring substituents is 2. The fraction of sp³-hybridized carbons (Fsp3) is 0.429. The first-order valence-electron chi connectivity index (χ1n) is 7.03. The third-order valence-electron chi connectivity index (χ3n) is 3.54. The van der Waals surface area contributed by atoms with Crippen LogP contribution in [0.25, 0.3) is 0 Å². The van der Waals surface area contributed by atoms with Crippen LogP contribution in [0.1, 0.15) is 30.6 Å². The molecular formula is C14H17N3O7. The molecule has 1 unspecified atom stereocenters. The molecule has 1 aromatic rings. The Bertz CT molecular complexity index is 642. The van der Waals surface area contributed by atoms with Crippen molar-refractivity contribution in [3.63, 3.8) is 0 Å². The van der Waals surface area contributed by atoms with Gasteiger partial charge in [-0.25, -0.2) is 4.79 Å². The molecule has 24 heavy (non-hydrogen) atoms. The molecule has 0 saturated carbocycles. The molecule has 10 heteroatoms. The number of amides is 1. The first-order chi connectivity index (χ1) is 11.2. The first kappa shape index (κ1) is 19.0. The lowest BCUT2D eigenvalue weighted by Gasteiger charge is -2.21. The van der Waals surface area contributed by atoms with E-state index in [4.69, 9.17) is 0 Å². The third-order valence-corrected chi connectivity index (χ3v) is 3.54. The zero-order valence-electron chi connectivity index (χ0n) is 13.3. The highest BCUT2D eigenvalue weighted by Crippen LogP contribution is 2.23. The number of esters is 1. The van der Waals surface area contributed by atoms with Gasteiger partial charge in [0.2, 0.25) is 0 Å². The minimum absolute atomic E-state index is 0.255. The number of benzene rings is 1. The maximum absolute atomic E-state index is 12.3. The molecule has 2 atom stereocenters. The van der Waals surface area contributed by atoms with Crippen molar-refractivity contribution in [2.24, 2.45) is 5.92 Å². The lowest BCUT2D eigenvalue weighted by atomic mass is 9.98. The van der Waals surface area contributed by atoms with Crippen molar-refractivity contribution < 1.29 is 24.2 Å². The monoisotopic (exact) mass is 339 g/mol. The van der Waals surface area contributed by atoms with Gasteiger partial charge in [-0.1, -0.05) is 20.3 Å². The molecule has 0 fully saturated rings. The molecule has 0 aliphatic heterocycles. The van der Waals surface area contributed by atoms with Crippen LogP contribution in [0.4, 0.5) is 11.4 Å². The van der Waals surface area contributed by atoms with Crippen LogP contribution in [-0.2, 0) is 9.53 Å². The molecule has 0 radical (unpaired) electrons. The van der Waals surface area contributed by atoms with Crippen molar-refractivity contribution >= 4 is 23.3 Å². The Morgan fingerprint density at radius 2 is 1.67 bits per heavy atom. The van der Waals surface area contributed by atoms with Crippen molar-refractivity contribution in [3.8, 4) is 0 Å². The first-order valence-corrected chi connectivity index (χ1v) is 7.03. The molecule has 1 N–H and O–H groups in total. The van der Waals surface area contributed by atoms with E-state index >= 15 is 0 Å². The number of ether oxygens (including phenoxy) is 1. The molecule has 1 aromatic carbocycles. The van der Waals surface area contributed by atoms with Crippen molar-refractivity contribution in [1.82, 2.24) is 5.32 Å². The molecular weight excluding hydrogens is 322 g/mol. The number of carbonyl (C=O) groups is 2. The highest BCUT2D eigenvalue weighted by atomic mass is 16.6. The second kappa shape index (κ2) is 7.99. The van der Waals surface area contributed by atoms with Crippen molar-refractivity contribution in [1.29, 1.82) is 0 Å². The van der Waals surface area contributed by atoms with Crippen molar-refractivity contribution in [2.45, 2.75) is 26.3 Å². The van der Waals surface area contributed by atoms with Crippen LogP contribution in [0, 0.1) is 26.1 Å². The molecule has 1 amide bonds. The van der Waals surface area contributed by atoms with E-state index < -0.39 is 39.1 Å². The van der Waals surface area contributed by atoms with E-state index in [1.54, 1.807) is 6.92 Å². The molecule has 0 aliphatic carbocycles. The summed E-state index contributed by atoms with van der Waals surface area (Å²) in [6, 6.07) is 1.61. The lowest BCUT2D eigenvalue weighted by molar-refractivity contribution is -0.394. The number of nitrogens with zero attached hydrogens (tertiary/aromatic N) is 2. The van der Waals surface area contributed by atoms with Gasteiger partial charge in [0.1, 0.15) is 6.04 Å². The van der Waals surface area contributed by atoms with Crippen LogP contribution in [0.2, 0.25) is 0 Å². The quantitative estimate of drug-likeness (QED) is 0.453. The van der Waals surface area contributed by atoms with E-state index in [0.717, 1.165) is 18.2 Å². The van der Waals surface area contributed by atoms with E-state index in [1.165, 1.54) is 7.11 Å². The topological polar surface area (TPSA) is 142 Å². The fourth-order valence-electron chi connectivity index (χ4n) is 1.96. The Morgan fingerprint density at radius 3 is 2.04 bits per heavy atom. The normalized spacial score (nSPS) is 12.8. The van der Waals surface area contributed by atoms with E-state index in [-0.39, 0.29) is 11.5 Å². The van der Waals surface area contributed by atoms with Gasteiger partial charge in [-0.05, 0) is 5.92 Å². The molecule has 1 rings (SSSR count). The molecule has 130 valence electrons. The molecule has 10 nitrogen and oxygen atoms in total. The lowest BCUT2D eigenvalue weighted by Crippen LogP contribution is -2.45. The summed E-state index contributed by atoms with van der Waals surface area (Å²) in [7, 11) is 1.17. The van der Waals surface area contributed by atoms with Crippen LogP contribution in [-0.4, -0.2) is 34.9 Å². The molecule has 0 aromatic heterocycles. The number of nitrogens with one attached hydrogen (secondary N) is 1. The zero-order valence-corrected chi connectivity index (χ0v) is 13.3. The number of nitro groups is 2. The van der Waals surface area contributed by atoms with Crippen LogP contribution in [0.5, 0.6) is 0 Å². The fourth-order valence-corrected chi connectivity index (χ4v) is 1.96. The summed E-state index contributed by atoms with van der Waals surface area (Å²) in [4.78, 5) is 44.1. The summed E-state index contributed by atoms with van der Waals surface area (Å²) >= 11 is 0. The van der Waals surface area contributed by atoms with Gasteiger partial charge in [0.15, 0.2) is 0 Å². The number of hydrogen-bond acceptors (Lipinski definition) is 7. The summed E-state index contributed by atoms with van der Waals surface area (Å²) in [5, 5.41) is 24.1. The van der Waals surface area contributed by atoms with E-state index in [2.05, 4.69) is 10.1 Å². The summed E-state index contributed by atoms with van der Waals surface area (Å²) < 4.78 is 4.63. The minimum atomic E-state index is -0.967. The second-order valence-corrected chi connectivity index (χ2v) is 5.11. The Kier molecular flexibility index (Phi) is 6.33. The highest BCUT2D eigenvalue weighted by molar-refractivity contribution is 5.98. The van der Waals surface area contributed by atoms with E-state index in [1.807, 2.05) is 6.92 Å².